The average molecular weight is 396 g/mol. The molecule has 0 bridgehead atoms. The summed E-state index contributed by atoms with van der Waals surface area (Å²) in [6.45, 7) is 2.34. The van der Waals surface area contributed by atoms with Crippen molar-refractivity contribution in [1.29, 1.82) is 0 Å². The van der Waals surface area contributed by atoms with Gasteiger partial charge in [-0.15, -0.1) is 5.10 Å². The molecule has 9 heteroatoms. The Kier molecular flexibility index (Phi) is 4.52. The van der Waals surface area contributed by atoms with Crippen LogP contribution in [0.3, 0.4) is 0 Å². The number of nitrogens with one attached hydrogen (secondary N) is 1. The third-order valence-electron chi connectivity index (χ3n) is 5.73. The Morgan fingerprint density at radius 2 is 2.08 bits per heavy atom. The Bertz CT molecular complexity index is 849. The normalized spacial score (nSPS) is 23.4. The highest BCUT2D eigenvalue weighted by Gasteiger charge is 2.42. The van der Waals surface area contributed by atoms with Gasteiger partial charge in [-0.2, -0.15) is 0 Å². The smallest absolute Gasteiger partial charge is 0.302 e. The predicted molar refractivity (Wildman–Crippen MR) is 97.1 cm³/mol. The lowest BCUT2D eigenvalue weighted by Crippen LogP contribution is -2.26. The molecule has 1 aromatic carbocycles. The minimum Gasteiger partial charge on any atom is -0.432 e. The van der Waals surface area contributed by atoms with Crippen molar-refractivity contribution in [3.05, 3.63) is 33.1 Å². The van der Waals surface area contributed by atoms with E-state index in [2.05, 4.69) is 32.7 Å². The van der Waals surface area contributed by atoms with E-state index < -0.39 is 0 Å². The molecule has 0 aliphatic heterocycles. The number of hydrogen-bond acceptors (Lipinski definition) is 6. The standard InChI is InChI=1S/C17H19Cl2N5O2/c1-17(10-4-2-3-5-10)7-9-6-12(14(19)13(18)11(9)8-17)26-16(22-25)15-20-23-24-21-15/h6,10,25H,2-5,7-8H2,1H3,(H,20,21,23,24). The number of aromatic nitrogens is 4. The molecule has 2 N–H and O–H groups in total. The van der Waals surface area contributed by atoms with Gasteiger partial charge in [0, 0.05) is 0 Å². The number of rotatable bonds is 3. The molecule has 2 aliphatic rings. The third-order valence-corrected chi connectivity index (χ3v) is 6.62. The number of aromatic amines is 1. The van der Waals surface area contributed by atoms with Crippen molar-refractivity contribution in [3.63, 3.8) is 0 Å². The van der Waals surface area contributed by atoms with Gasteiger partial charge in [-0.05, 0) is 69.8 Å². The minimum absolute atomic E-state index is 0.0935. The molecule has 2 aromatic rings. The molecule has 1 saturated carbocycles. The molecule has 1 atom stereocenters. The van der Waals surface area contributed by atoms with Gasteiger partial charge in [0.05, 0.1) is 5.02 Å². The summed E-state index contributed by atoms with van der Waals surface area (Å²) in [7, 11) is 0. The fraction of sp³-hybridized carbons (Fsp3) is 0.529. The number of fused-ring (bicyclic) bond motifs is 1. The molecule has 0 amide bonds. The number of nitrogens with zero attached hydrogens (tertiary/aromatic N) is 4. The zero-order chi connectivity index (χ0) is 18.3. The lowest BCUT2D eigenvalue weighted by Gasteiger charge is -2.31. The van der Waals surface area contributed by atoms with E-state index in [4.69, 9.17) is 27.9 Å². The molecule has 0 spiro atoms. The van der Waals surface area contributed by atoms with Gasteiger partial charge in [0.25, 0.3) is 0 Å². The fourth-order valence-electron chi connectivity index (χ4n) is 4.40. The maximum atomic E-state index is 9.21. The van der Waals surface area contributed by atoms with Crippen molar-refractivity contribution in [2.24, 2.45) is 16.5 Å². The Labute approximate surface area is 160 Å². The Morgan fingerprint density at radius 3 is 2.73 bits per heavy atom. The fourth-order valence-corrected chi connectivity index (χ4v) is 4.88. The number of H-pyrrole nitrogens is 1. The molecule has 138 valence electrons. The van der Waals surface area contributed by atoms with Crippen LogP contribution in [0, 0.1) is 11.3 Å². The molecule has 0 saturated heterocycles. The Hall–Kier alpha value is -1.86. The summed E-state index contributed by atoms with van der Waals surface area (Å²) < 4.78 is 5.65. The SMILES string of the molecule is CC1(C2CCCC2)Cc2cc(OC(=NO)c3nnn[nH]3)c(Cl)c(Cl)c2C1. The zero-order valence-electron chi connectivity index (χ0n) is 14.3. The monoisotopic (exact) mass is 395 g/mol. The van der Waals surface area contributed by atoms with Gasteiger partial charge in [0.15, 0.2) is 0 Å². The first kappa shape index (κ1) is 17.5. The van der Waals surface area contributed by atoms with Crippen molar-refractivity contribution in [3.8, 4) is 5.75 Å². The number of halogens is 2. The number of tetrazole rings is 1. The summed E-state index contributed by atoms with van der Waals surface area (Å²) in [4.78, 5) is 0. The first-order valence-corrected chi connectivity index (χ1v) is 9.41. The number of hydrogen-bond donors (Lipinski definition) is 2. The van der Waals surface area contributed by atoms with Gasteiger partial charge < -0.3 is 9.94 Å². The van der Waals surface area contributed by atoms with E-state index in [-0.39, 0.29) is 17.1 Å². The maximum absolute atomic E-state index is 9.21. The predicted octanol–water partition coefficient (Wildman–Crippen LogP) is 4.02. The van der Waals surface area contributed by atoms with Crippen LogP contribution in [0.1, 0.15) is 49.6 Å². The molecule has 1 unspecified atom stereocenters. The summed E-state index contributed by atoms with van der Waals surface area (Å²) in [6, 6.07) is 1.89. The van der Waals surface area contributed by atoms with Crippen molar-refractivity contribution in [2.45, 2.75) is 45.4 Å². The first-order chi connectivity index (χ1) is 12.5. The van der Waals surface area contributed by atoms with E-state index in [1.54, 1.807) is 0 Å². The van der Waals surface area contributed by atoms with Crippen LogP contribution < -0.4 is 4.74 Å². The summed E-state index contributed by atoms with van der Waals surface area (Å²) in [5.74, 6) is 0.958. The molecular weight excluding hydrogens is 377 g/mol. The number of oxime groups is 1. The number of ether oxygens (including phenoxy) is 1. The second kappa shape index (κ2) is 6.70. The quantitative estimate of drug-likeness (QED) is 0.354. The molecule has 1 aromatic heterocycles. The highest BCUT2D eigenvalue weighted by atomic mass is 35.5. The molecule has 7 nitrogen and oxygen atoms in total. The number of benzene rings is 1. The van der Waals surface area contributed by atoms with Crippen LogP contribution in [0.25, 0.3) is 0 Å². The maximum Gasteiger partial charge on any atom is 0.302 e. The third kappa shape index (κ3) is 2.93. The van der Waals surface area contributed by atoms with Crippen LogP contribution in [0.4, 0.5) is 0 Å². The summed E-state index contributed by atoms with van der Waals surface area (Å²) in [6.07, 6.45) is 7.04. The molecule has 2 aliphatic carbocycles. The summed E-state index contributed by atoms with van der Waals surface area (Å²) in [5.41, 5.74) is 2.44. The second-order valence-corrected chi connectivity index (χ2v) is 8.14. The molecule has 1 heterocycles. The lowest BCUT2D eigenvalue weighted by atomic mass is 9.74. The van der Waals surface area contributed by atoms with Crippen LogP contribution in [-0.2, 0) is 12.8 Å². The van der Waals surface area contributed by atoms with Gasteiger partial charge in [-0.1, -0.05) is 43.0 Å². The first-order valence-electron chi connectivity index (χ1n) is 8.65. The zero-order valence-corrected chi connectivity index (χ0v) is 15.8. The van der Waals surface area contributed by atoms with E-state index in [1.807, 2.05) is 6.07 Å². The van der Waals surface area contributed by atoms with Crippen LogP contribution in [0.15, 0.2) is 11.2 Å². The van der Waals surface area contributed by atoms with Crippen molar-refractivity contribution < 1.29 is 9.94 Å². The highest BCUT2D eigenvalue weighted by molar-refractivity contribution is 6.43. The van der Waals surface area contributed by atoms with E-state index in [0.717, 1.165) is 24.0 Å². The van der Waals surface area contributed by atoms with Crippen LogP contribution in [-0.4, -0.2) is 31.7 Å². The van der Waals surface area contributed by atoms with Gasteiger partial charge in [0.2, 0.25) is 5.82 Å². The summed E-state index contributed by atoms with van der Waals surface area (Å²) in [5, 5.41) is 26.2. The largest absolute Gasteiger partial charge is 0.432 e. The van der Waals surface area contributed by atoms with Crippen LogP contribution in [0.5, 0.6) is 5.75 Å². The topological polar surface area (TPSA) is 96.3 Å². The van der Waals surface area contributed by atoms with Gasteiger partial charge in [0.1, 0.15) is 10.8 Å². The summed E-state index contributed by atoms with van der Waals surface area (Å²) >= 11 is 13.0. The average Bonchev–Trinajstić information content (AvgIpc) is 3.37. The molecule has 1 fully saturated rings. The lowest BCUT2D eigenvalue weighted by molar-refractivity contribution is 0.203. The Balaban J connectivity index is 1.65. The van der Waals surface area contributed by atoms with Crippen LogP contribution in [0.2, 0.25) is 10.0 Å². The minimum atomic E-state index is -0.176. The van der Waals surface area contributed by atoms with E-state index >= 15 is 0 Å². The van der Waals surface area contributed by atoms with E-state index in [0.29, 0.717) is 21.7 Å². The Morgan fingerprint density at radius 1 is 1.31 bits per heavy atom. The van der Waals surface area contributed by atoms with Crippen molar-refractivity contribution in [1.82, 2.24) is 20.6 Å². The van der Waals surface area contributed by atoms with Crippen LogP contribution >= 0.6 is 23.2 Å². The molecule has 0 radical (unpaired) electrons. The molecule has 4 rings (SSSR count). The molecular formula is C17H19Cl2N5O2. The second-order valence-electron chi connectivity index (χ2n) is 7.39. The van der Waals surface area contributed by atoms with Gasteiger partial charge in [-0.25, -0.2) is 5.10 Å². The van der Waals surface area contributed by atoms with Gasteiger partial charge >= 0.3 is 5.90 Å². The van der Waals surface area contributed by atoms with E-state index in [1.165, 1.54) is 25.7 Å². The van der Waals surface area contributed by atoms with E-state index in [9.17, 15) is 5.21 Å². The molecule has 26 heavy (non-hydrogen) atoms. The van der Waals surface area contributed by atoms with Gasteiger partial charge in [-0.3, -0.25) is 0 Å². The van der Waals surface area contributed by atoms with Crippen molar-refractivity contribution in [2.75, 3.05) is 0 Å². The van der Waals surface area contributed by atoms with Crippen molar-refractivity contribution >= 4 is 29.1 Å². The highest BCUT2D eigenvalue weighted by Crippen LogP contribution is 2.52.